The third-order valence-corrected chi connectivity index (χ3v) is 5.28. The van der Waals surface area contributed by atoms with Gasteiger partial charge in [0.25, 0.3) is 0 Å². The molecule has 1 fully saturated rings. The van der Waals surface area contributed by atoms with Gasteiger partial charge in [-0.1, -0.05) is 30.1 Å². The number of likely N-dealkylation sites (tertiary alicyclic amines) is 1. The van der Waals surface area contributed by atoms with Crippen LogP contribution in [0.5, 0.6) is 0 Å². The Morgan fingerprint density at radius 3 is 2.67 bits per heavy atom. The zero-order valence-electron chi connectivity index (χ0n) is 14.1. The molecule has 0 bridgehead atoms. The van der Waals surface area contributed by atoms with E-state index in [1.807, 2.05) is 13.0 Å². The smallest absolute Gasteiger partial charge is 0.263 e. The molecule has 0 saturated carbocycles. The molecule has 2 aliphatic heterocycles. The first-order valence-electron chi connectivity index (χ1n) is 8.36. The summed E-state index contributed by atoms with van der Waals surface area (Å²) < 4.78 is 0.590. The molecule has 130 valence electrons. The molecule has 2 heterocycles. The van der Waals surface area contributed by atoms with Crippen LogP contribution in [-0.2, 0) is 4.79 Å². The molecule has 1 aromatic carbocycles. The highest BCUT2D eigenvalue weighted by Crippen LogP contribution is 2.32. The summed E-state index contributed by atoms with van der Waals surface area (Å²) in [7, 11) is 2.07. The Morgan fingerprint density at radius 2 is 2.00 bits per heavy atom. The van der Waals surface area contributed by atoms with E-state index in [2.05, 4.69) is 17.6 Å². The lowest BCUT2D eigenvalue weighted by atomic mass is 10.1. The molecule has 1 amide bonds. The number of carbonyl (C=O) groups excluding carboxylic acids is 1. The maximum atomic E-state index is 12.7. The number of nitrogens with one attached hydrogen (secondary N) is 1. The van der Waals surface area contributed by atoms with Crippen LogP contribution < -0.4 is 10.4 Å². The van der Waals surface area contributed by atoms with Gasteiger partial charge in [-0.15, -0.1) is 0 Å². The first kappa shape index (κ1) is 17.5. The molecule has 0 aromatic heterocycles. The molecule has 1 N–H and O–H groups in total. The SMILES string of the molecule is CC1CN(c2ccc(Cl)cc2Cl)N=C1C(=O)N[N+]1(C)CCCCC1. The number of rotatable bonds is 3. The van der Waals surface area contributed by atoms with Gasteiger partial charge in [0, 0.05) is 10.9 Å². The van der Waals surface area contributed by atoms with Crippen molar-refractivity contribution in [3.63, 3.8) is 0 Å². The molecule has 7 heteroatoms. The minimum atomic E-state index is -0.0838. The number of halogens is 2. The van der Waals surface area contributed by atoms with E-state index in [4.69, 9.17) is 23.2 Å². The van der Waals surface area contributed by atoms with Gasteiger partial charge in [0.15, 0.2) is 0 Å². The van der Waals surface area contributed by atoms with Crippen molar-refractivity contribution in [3.8, 4) is 0 Å². The Balaban J connectivity index is 1.76. The average Bonchev–Trinajstić information content (AvgIpc) is 2.89. The number of nitrogens with zero attached hydrogens (tertiary/aromatic N) is 3. The highest BCUT2D eigenvalue weighted by Gasteiger charge is 2.34. The van der Waals surface area contributed by atoms with E-state index in [0.717, 1.165) is 31.6 Å². The van der Waals surface area contributed by atoms with Gasteiger partial charge in [-0.05, 0) is 37.5 Å². The van der Waals surface area contributed by atoms with Gasteiger partial charge < -0.3 is 0 Å². The minimum absolute atomic E-state index is 0.0492. The van der Waals surface area contributed by atoms with Gasteiger partial charge in [-0.25, -0.2) is 4.59 Å². The Labute approximate surface area is 152 Å². The van der Waals surface area contributed by atoms with E-state index in [9.17, 15) is 4.79 Å². The summed E-state index contributed by atoms with van der Waals surface area (Å²) in [4.78, 5) is 12.7. The molecule has 1 saturated heterocycles. The summed E-state index contributed by atoms with van der Waals surface area (Å²) in [5.41, 5.74) is 4.48. The number of hydrazone groups is 1. The second-order valence-electron chi connectivity index (χ2n) is 6.91. The number of hydrogen-bond acceptors (Lipinski definition) is 3. The lowest BCUT2D eigenvalue weighted by molar-refractivity contribution is -0.947. The fourth-order valence-corrected chi connectivity index (χ4v) is 3.86. The van der Waals surface area contributed by atoms with Crippen LogP contribution in [0.3, 0.4) is 0 Å². The van der Waals surface area contributed by atoms with Crippen molar-refractivity contribution < 1.29 is 9.39 Å². The van der Waals surface area contributed by atoms with Crippen molar-refractivity contribution in [2.24, 2.45) is 11.0 Å². The van der Waals surface area contributed by atoms with Crippen LogP contribution in [0, 0.1) is 5.92 Å². The quantitative estimate of drug-likeness (QED) is 0.829. The van der Waals surface area contributed by atoms with E-state index >= 15 is 0 Å². The molecule has 0 aliphatic carbocycles. The highest BCUT2D eigenvalue weighted by molar-refractivity contribution is 6.40. The van der Waals surface area contributed by atoms with E-state index in [1.165, 1.54) is 6.42 Å². The second kappa shape index (κ2) is 6.90. The molecule has 1 aromatic rings. The zero-order valence-corrected chi connectivity index (χ0v) is 15.6. The summed E-state index contributed by atoms with van der Waals surface area (Å²) in [6.45, 7) is 4.59. The van der Waals surface area contributed by atoms with Gasteiger partial charge in [0.2, 0.25) is 0 Å². The third kappa shape index (κ3) is 3.68. The first-order chi connectivity index (χ1) is 11.4. The molecule has 0 radical (unpaired) electrons. The monoisotopic (exact) mass is 369 g/mol. The summed E-state index contributed by atoms with van der Waals surface area (Å²) in [6, 6.07) is 5.30. The van der Waals surface area contributed by atoms with Gasteiger partial charge in [0.1, 0.15) is 18.8 Å². The Bertz CT molecular complexity index is 671. The van der Waals surface area contributed by atoms with Crippen LogP contribution >= 0.6 is 23.2 Å². The van der Waals surface area contributed by atoms with Crippen molar-refractivity contribution in [3.05, 3.63) is 28.2 Å². The third-order valence-electron chi connectivity index (χ3n) is 4.74. The van der Waals surface area contributed by atoms with Crippen molar-refractivity contribution in [1.82, 2.24) is 5.43 Å². The van der Waals surface area contributed by atoms with Crippen molar-refractivity contribution >= 4 is 40.5 Å². The number of piperidine rings is 1. The fourth-order valence-electron chi connectivity index (χ4n) is 3.35. The minimum Gasteiger partial charge on any atom is -0.263 e. The Kier molecular flexibility index (Phi) is 5.04. The summed E-state index contributed by atoms with van der Waals surface area (Å²) in [5, 5.41) is 7.43. The Morgan fingerprint density at radius 1 is 1.29 bits per heavy atom. The zero-order chi connectivity index (χ0) is 17.3. The van der Waals surface area contributed by atoms with Crippen LogP contribution in [0.1, 0.15) is 26.2 Å². The summed E-state index contributed by atoms with van der Waals surface area (Å²) >= 11 is 12.2. The van der Waals surface area contributed by atoms with Crippen LogP contribution in [0.2, 0.25) is 10.0 Å². The van der Waals surface area contributed by atoms with Crippen molar-refractivity contribution in [2.75, 3.05) is 31.7 Å². The number of benzene rings is 1. The second-order valence-corrected chi connectivity index (χ2v) is 7.75. The Hall–Kier alpha value is -1.30. The number of quaternary nitrogens is 1. The molecular formula is C17H23Cl2N4O+. The van der Waals surface area contributed by atoms with E-state index < -0.39 is 0 Å². The molecule has 3 rings (SSSR count). The van der Waals surface area contributed by atoms with Gasteiger partial charge in [0.05, 0.1) is 24.3 Å². The molecule has 2 aliphatic rings. The maximum absolute atomic E-state index is 12.7. The van der Waals surface area contributed by atoms with Crippen LogP contribution in [0.4, 0.5) is 5.69 Å². The van der Waals surface area contributed by atoms with E-state index in [0.29, 0.717) is 26.9 Å². The molecule has 24 heavy (non-hydrogen) atoms. The predicted octanol–water partition coefficient (Wildman–Crippen LogP) is 3.47. The lowest BCUT2D eigenvalue weighted by Crippen LogP contribution is -2.61. The standard InChI is InChI=1S/C17H22Cl2N4O/c1-12-11-22(15-7-6-13(18)10-14(15)19)20-16(12)17(24)21-23(2)8-4-3-5-9-23/h6-7,10,12H,3-5,8-9,11H2,1-2H3/p+1. The molecular weight excluding hydrogens is 347 g/mol. The van der Waals surface area contributed by atoms with Gasteiger partial charge in [-0.3, -0.25) is 9.80 Å². The largest absolute Gasteiger partial charge is 0.312 e. The first-order valence-corrected chi connectivity index (χ1v) is 9.12. The lowest BCUT2D eigenvalue weighted by Gasteiger charge is -2.36. The normalized spacial score (nSPS) is 23.1. The van der Waals surface area contributed by atoms with Crippen LogP contribution in [-0.4, -0.2) is 42.9 Å². The highest BCUT2D eigenvalue weighted by atomic mass is 35.5. The fraction of sp³-hybridized carbons (Fsp3) is 0.529. The average molecular weight is 370 g/mol. The molecule has 5 nitrogen and oxygen atoms in total. The van der Waals surface area contributed by atoms with Crippen LogP contribution in [0.15, 0.2) is 23.3 Å². The van der Waals surface area contributed by atoms with Crippen molar-refractivity contribution in [2.45, 2.75) is 26.2 Å². The van der Waals surface area contributed by atoms with Crippen molar-refractivity contribution in [1.29, 1.82) is 0 Å². The van der Waals surface area contributed by atoms with Gasteiger partial charge in [-0.2, -0.15) is 10.5 Å². The number of carbonyl (C=O) groups is 1. The van der Waals surface area contributed by atoms with Crippen LogP contribution in [0.25, 0.3) is 0 Å². The number of hydrogen-bond donors (Lipinski definition) is 1. The predicted molar refractivity (Wildman–Crippen MR) is 98.3 cm³/mol. The molecule has 1 unspecified atom stereocenters. The van der Waals surface area contributed by atoms with E-state index in [-0.39, 0.29) is 11.8 Å². The molecule has 0 spiro atoms. The maximum Gasteiger partial charge on any atom is 0.312 e. The topological polar surface area (TPSA) is 44.7 Å². The summed E-state index contributed by atoms with van der Waals surface area (Å²) in [5.74, 6) is -0.0346. The van der Waals surface area contributed by atoms with E-state index in [1.54, 1.807) is 17.1 Å². The number of anilines is 1. The molecule has 1 atom stereocenters. The van der Waals surface area contributed by atoms with Gasteiger partial charge >= 0.3 is 5.91 Å². The summed E-state index contributed by atoms with van der Waals surface area (Å²) in [6.07, 6.45) is 3.53. The number of amides is 1.